The Labute approximate surface area is 133 Å². The molecule has 0 aliphatic heterocycles. The van der Waals surface area contributed by atoms with Crippen LogP contribution in [0.25, 0.3) is 0 Å². The fourth-order valence-corrected chi connectivity index (χ4v) is 1.76. The van der Waals surface area contributed by atoms with Crippen molar-refractivity contribution in [1.29, 1.82) is 0 Å². The first-order chi connectivity index (χ1) is 11.1. The molecule has 1 heterocycles. The van der Waals surface area contributed by atoms with Crippen LogP contribution in [0.5, 0.6) is 5.75 Å². The Morgan fingerprint density at radius 2 is 1.96 bits per heavy atom. The van der Waals surface area contributed by atoms with Gasteiger partial charge in [-0.25, -0.2) is 4.79 Å². The molecule has 0 radical (unpaired) electrons. The number of rotatable bonds is 7. The number of hydrogen-bond acceptors (Lipinski definition) is 4. The molecule has 0 saturated carbocycles. The Kier molecular flexibility index (Phi) is 5.93. The molecule has 1 aromatic heterocycles. The van der Waals surface area contributed by atoms with E-state index in [-0.39, 0.29) is 19.1 Å². The van der Waals surface area contributed by atoms with Crippen molar-refractivity contribution in [3.63, 3.8) is 0 Å². The maximum Gasteiger partial charge on any atom is 0.319 e. The van der Waals surface area contributed by atoms with Crippen LogP contribution in [0.15, 0.2) is 48.8 Å². The summed E-state index contributed by atoms with van der Waals surface area (Å²) in [7, 11) is 0. The predicted molar refractivity (Wildman–Crippen MR) is 85.8 cm³/mol. The van der Waals surface area contributed by atoms with Gasteiger partial charge in [0, 0.05) is 24.6 Å². The molecule has 0 fully saturated rings. The molecule has 0 bridgehead atoms. The van der Waals surface area contributed by atoms with E-state index < -0.39 is 5.91 Å². The Morgan fingerprint density at radius 3 is 2.61 bits per heavy atom. The average molecular weight is 314 g/mol. The van der Waals surface area contributed by atoms with E-state index in [0.717, 1.165) is 5.56 Å². The van der Waals surface area contributed by atoms with Crippen LogP contribution in [0, 0.1) is 0 Å². The lowest BCUT2D eigenvalue weighted by Gasteiger charge is -2.09. The highest BCUT2D eigenvalue weighted by Crippen LogP contribution is 2.15. The molecule has 0 aliphatic carbocycles. The quantitative estimate of drug-likeness (QED) is 0.722. The van der Waals surface area contributed by atoms with Gasteiger partial charge in [-0.3, -0.25) is 9.78 Å². The van der Waals surface area contributed by atoms with E-state index >= 15 is 0 Å². The van der Waals surface area contributed by atoms with Gasteiger partial charge in [0.15, 0.2) is 0 Å². The molecule has 0 aliphatic rings. The van der Waals surface area contributed by atoms with Crippen LogP contribution < -0.4 is 21.1 Å². The van der Waals surface area contributed by atoms with Crippen molar-refractivity contribution in [3.05, 3.63) is 54.4 Å². The minimum Gasteiger partial charge on any atom is -0.493 e. The van der Waals surface area contributed by atoms with Gasteiger partial charge in [0.2, 0.25) is 5.91 Å². The molecular weight excluding hydrogens is 296 g/mol. The van der Waals surface area contributed by atoms with Crippen molar-refractivity contribution in [2.75, 3.05) is 11.9 Å². The van der Waals surface area contributed by atoms with Gasteiger partial charge < -0.3 is 21.1 Å². The summed E-state index contributed by atoms with van der Waals surface area (Å²) < 4.78 is 5.35. The Bertz CT molecular complexity index is 644. The second-order valence-electron chi connectivity index (χ2n) is 4.76. The van der Waals surface area contributed by atoms with Crippen LogP contribution in [-0.2, 0) is 11.3 Å². The summed E-state index contributed by atoms with van der Waals surface area (Å²) in [4.78, 5) is 26.4. The van der Waals surface area contributed by atoms with Gasteiger partial charge in [0.1, 0.15) is 5.75 Å². The number of carbonyl (C=O) groups is 2. The monoisotopic (exact) mass is 314 g/mol. The van der Waals surface area contributed by atoms with E-state index in [2.05, 4.69) is 15.6 Å². The molecule has 4 N–H and O–H groups in total. The number of primary amides is 1. The van der Waals surface area contributed by atoms with Crippen LogP contribution in [0.4, 0.5) is 10.5 Å². The van der Waals surface area contributed by atoms with E-state index in [4.69, 9.17) is 10.5 Å². The summed E-state index contributed by atoms with van der Waals surface area (Å²) in [6, 6.07) is 10.2. The van der Waals surface area contributed by atoms with Gasteiger partial charge in [-0.05, 0) is 35.9 Å². The van der Waals surface area contributed by atoms with Crippen LogP contribution >= 0.6 is 0 Å². The standard InChI is InChI=1S/C16H18N4O3/c17-15(21)7-9-23-14-5-3-13(4-6-14)20-16(22)19-11-12-2-1-8-18-10-12/h1-6,8,10H,7,9,11H2,(H2,17,21)(H2,19,20,22). The second-order valence-corrected chi connectivity index (χ2v) is 4.76. The van der Waals surface area contributed by atoms with Crippen LogP contribution in [0.2, 0.25) is 0 Å². The van der Waals surface area contributed by atoms with Gasteiger partial charge in [-0.1, -0.05) is 6.07 Å². The van der Waals surface area contributed by atoms with E-state index in [0.29, 0.717) is 18.0 Å². The number of amides is 3. The second kappa shape index (κ2) is 8.38. The number of benzene rings is 1. The number of anilines is 1. The fraction of sp³-hybridized carbons (Fsp3) is 0.188. The third-order valence-electron chi connectivity index (χ3n) is 2.91. The largest absolute Gasteiger partial charge is 0.493 e. The molecule has 0 spiro atoms. The Balaban J connectivity index is 1.76. The smallest absolute Gasteiger partial charge is 0.319 e. The summed E-state index contributed by atoms with van der Waals surface area (Å²) in [5, 5.41) is 5.45. The Hall–Kier alpha value is -3.09. The summed E-state index contributed by atoms with van der Waals surface area (Å²) in [6.07, 6.45) is 3.53. The maximum absolute atomic E-state index is 11.8. The molecule has 2 aromatic rings. The zero-order valence-corrected chi connectivity index (χ0v) is 12.5. The molecule has 0 saturated heterocycles. The zero-order valence-electron chi connectivity index (χ0n) is 12.5. The maximum atomic E-state index is 11.8. The number of carbonyl (C=O) groups excluding carboxylic acids is 2. The molecule has 120 valence electrons. The number of hydrogen-bond donors (Lipinski definition) is 3. The van der Waals surface area contributed by atoms with Crippen LogP contribution in [0.3, 0.4) is 0 Å². The van der Waals surface area contributed by atoms with Gasteiger partial charge in [0.05, 0.1) is 13.0 Å². The number of nitrogens with one attached hydrogen (secondary N) is 2. The van der Waals surface area contributed by atoms with E-state index in [1.165, 1.54) is 0 Å². The predicted octanol–water partition coefficient (Wildman–Crippen LogP) is 1.66. The number of nitrogens with two attached hydrogens (primary N) is 1. The van der Waals surface area contributed by atoms with E-state index in [9.17, 15) is 9.59 Å². The average Bonchev–Trinajstić information content (AvgIpc) is 2.55. The lowest BCUT2D eigenvalue weighted by Crippen LogP contribution is -2.28. The van der Waals surface area contributed by atoms with Crippen molar-refractivity contribution >= 4 is 17.6 Å². The summed E-state index contributed by atoms with van der Waals surface area (Å²) in [6.45, 7) is 0.627. The van der Waals surface area contributed by atoms with E-state index in [1.54, 1.807) is 36.7 Å². The van der Waals surface area contributed by atoms with Crippen molar-refractivity contribution in [1.82, 2.24) is 10.3 Å². The highest BCUT2D eigenvalue weighted by molar-refractivity contribution is 5.89. The lowest BCUT2D eigenvalue weighted by molar-refractivity contribution is -0.118. The summed E-state index contributed by atoms with van der Waals surface area (Å²) in [5.41, 5.74) is 6.58. The van der Waals surface area contributed by atoms with Crippen LogP contribution in [0.1, 0.15) is 12.0 Å². The molecule has 0 atom stereocenters. The SMILES string of the molecule is NC(=O)CCOc1ccc(NC(=O)NCc2cccnc2)cc1. The first-order valence-corrected chi connectivity index (χ1v) is 7.08. The summed E-state index contributed by atoms with van der Waals surface area (Å²) in [5.74, 6) is 0.196. The molecule has 3 amide bonds. The number of ether oxygens (including phenoxy) is 1. The first-order valence-electron chi connectivity index (χ1n) is 7.08. The third kappa shape index (κ3) is 6.04. The van der Waals surface area contributed by atoms with Crippen molar-refractivity contribution in [2.24, 2.45) is 5.73 Å². The molecule has 1 aromatic carbocycles. The first kappa shape index (κ1) is 16.3. The lowest BCUT2D eigenvalue weighted by atomic mass is 10.3. The molecule has 7 nitrogen and oxygen atoms in total. The van der Waals surface area contributed by atoms with Gasteiger partial charge in [-0.2, -0.15) is 0 Å². The van der Waals surface area contributed by atoms with Gasteiger partial charge in [0.25, 0.3) is 0 Å². The van der Waals surface area contributed by atoms with Gasteiger partial charge in [-0.15, -0.1) is 0 Å². The van der Waals surface area contributed by atoms with Gasteiger partial charge >= 0.3 is 6.03 Å². The van der Waals surface area contributed by atoms with Crippen molar-refractivity contribution in [3.8, 4) is 5.75 Å². The van der Waals surface area contributed by atoms with E-state index in [1.807, 2.05) is 12.1 Å². The number of urea groups is 1. The van der Waals surface area contributed by atoms with Crippen molar-refractivity contribution in [2.45, 2.75) is 13.0 Å². The fourth-order valence-electron chi connectivity index (χ4n) is 1.76. The number of nitrogens with zero attached hydrogens (tertiary/aromatic N) is 1. The summed E-state index contributed by atoms with van der Waals surface area (Å²) >= 11 is 0. The minimum atomic E-state index is -0.409. The molecule has 23 heavy (non-hydrogen) atoms. The number of aromatic nitrogens is 1. The Morgan fingerprint density at radius 1 is 1.17 bits per heavy atom. The molecule has 7 heteroatoms. The highest BCUT2D eigenvalue weighted by Gasteiger charge is 2.03. The third-order valence-corrected chi connectivity index (χ3v) is 2.91. The zero-order chi connectivity index (χ0) is 16.5. The van der Waals surface area contributed by atoms with Crippen LogP contribution in [-0.4, -0.2) is 23.5 Å². The molecule has 0 unspecified atom stereocenters. The van der Waals surface area contributed by atoms with Crippen molar-refractivity contribution < 1.29 is 14.3 Å². The normalized spacial score (nSPS) is 9.91. The topological polar surface area (TPSA) is 106 Å². The minimum absolute atomic E-state index is 0.163. The highest BCUT2D eigenvalue weighted by atomic mass is 16.5. The number of pyridine rings is 1. The molecular formula is C16H18N4O3. The molecule has 2 rings (SSSR count).